The zero-order chi connectivity index (χ0) is 53.0. The second kappa shape index (κ2) is 20.7. The number of para-hydroxylation sites is 1. The Bertz CT molecular complexity index is 3410. The minimum absolute atomic E-state index is 0.0289. The lowest BCUT2D eigenvalue weighted by Crippen LogP contribution is -2.39. The van der Waals surface area contributed by atoms with E-state index in [1.54, 1.807) is 0 Å². The number of rotatable bonds is 11. The first-order valence-corrected chi connectivity index (χ1v) is 27.9. The van der Waals surface area contributed by atoms with Crippen LogP contribution < -0.4 is 15.5 Å². The van der Waals surface area contributed by atoms with Crippen LogP contribution >= 0.6 is 11.3 Å². The van der Waals surface area contributed by atoms with Gasteiger partial charge >= 0.3 is 5.97 Å². The van der Waals surface area contributed by atoms with Crippen molar-refractivity contribution in [3.63, 3.8) is 0 Å². The fourth-order valence-corrected chi connectivity index (χ4v) is 13.5. The average Bonchev–Trinajstić information content (AvgIpc) is 4.02. The molecule has 15 heteroatoms. The second-order valence-corrected chi connectivity index (χ2v) is 23.6. The molecule has 4 aromatic carbocycles. The van der Waals surface area contributed by atoms with Gasteiger partial charge in [0.2, 0.25) is 17.7 Å². The standard InChI is InChI=1S/C61H66N8O6S/c1-35-41(39-19-16-36(17-20-39)18-25-53(71)68-29-26-37(27-30-68)40-21-22-44-49(32-40)67(5)66-55(44)45-23-24-52(70)64-58(45)73)11-9-12-42(35)54-47(61(2,3)4)33-51(63-56(54)59(74)75)69-31-28-38-10-8-13-43(46(38)34-69)57(72)65-60-62-48-14-6-7-15-50(48)76-60/h6-15,21-22,32-33,36-37,39,45H,16-20,23-31,34H2,1-5H3,(H,74,75)(H,62,65,72)(H,64,70,73). The van der Waals surface area contributed by atoms with E-state index in [-0.39, 0.29) is 29.3 Å². The molecule has 1 atom stereocenters. The van der Waals surface area contributed by atoms with Gasteiger partial charge in [0, 0.05) is 62.6 Å². The lowest BCUT2D eigenvalue weighted by atomic mass is 9.74. The van der Waals surface area contributed by atoms with Gasteiger partial charge in [0.15, 0.2) is 10.8 Å². The Labute approximate surface area is 447 Å². The summed E-state index contributed by atoms with van der Waals surface area (Å²) < 4.78 is 2.83. The predicted molar refractivity (Wildman–Crippen MR) is 297 cm³/mol. The maximum absolute atomic E-state index is 13.9. The summed E-state index contributed by atoms with van der Waals surface area (Å²) in [4.78, 5) is 79.1. The number of anilines is 2. The van der Waals surface area contributed by atoms with Crippen LogP contribution in [0.1, 0.15) is 163 Å². The number of hydrogen-bond donors (Lipinski definition) is 3. The number of pyridine rings is 1. The minimum Gasteiger partial charge on any atom is -0.476 e. The Morgan fingerprint density at radius 3 is 2.37 bits per heavy atom. The number of amides is 4. The van der Waals surface area contributed by atoms with Crippen molar-refractivity contribution in [3.05, 3.63) is 135 Å². The SMILES string of the molecule is Cc1c(-c2c(C(C)(C)C)cc(N3CCc4cccc(C(=O)Nc5nc6ccccc6s5)c4C3)nc2C(=O)O)cccc1C1CCC(CCC(=O)N2CCC(c3ccc4c(C5CCC(=O)NC5=O)nn(C)c4c3)CC2)CC1. The highest BCUT2D eigenvalue weighted by Gasteiger charge is 2.35. The van der Waals surface area contributed by atoms with Crippen molar-refractivity contribution >= 4 is 73.0 Å². The highest BCUT2D eigenvalue weighted by molar-refractivity contribution is 7.22. The van der Waals surface area contributed by atoms with Crippen LogP contribution in [-0.4, -0.2) is 79.0 Å². The van der Waals surface area contributed by atoms with Crippen molar-refractivity contribution in [2.45, 2.75) is 128 Å². The molecule has 392 valence electrons. The molecule has 3 N–H and O–H groups in total. The van der Waals surface area contributed by atoms with Crippen molar-refractivity contribution in [2.24, 2.45) is 13.0 Å². The predicted octanol–water partition coefficient (Wildman–Crippen LogP) is 11.3. The molecule has 1 saturated carbocycles. The molecule has 3 aliphatic heterocycles. The summed E-state index contributed by atoms with van der Waals surface area (Å²) in [5.41, 5.74) is 10.7. The number of aromatic carboxylic acids is 1. The molecule has 4 aliphatic rings. The van der Waals surface area contributed by atoms with Crippen LogP contribution in [0.15, 0.2) is 84.9 Å². The van der Waals surface area contributed by atoms with E-state index in [1.165, 1.54) is 22.5 Å². The summed E-state index contributed by atoms with van der Waals surface area (Å²) in [5.74, 6) is -0.301. The highest BCUT2D eigenvalue weighted by atomic mass is 32.1. The Morgan fingerprint density at radius 2 is 1.62 bits per heavy atom. The van der Waals surface area contributed by atoms with Gasteiger partial charge in [-0.3, -0.25) is 34.5 Å². The number of benzene rings is 4. The van der Waals surface area contributed by atoms with E-state index >= 15 is 0 Å². The molecule has 76 heavy (non-hydrogen) atoms. The van der Waals surface area contributed by atoms with Crippen molar-refractivity contribution in [1.82, 2.24) is 30.0 Å². The van der Waals surface area contributed by atoms with E-state index < -0.39 is 17.3 Å². The van der Waals surface area contributed by atoms with E-state index in [0.717, 1.165) is 113 Å². The number of nitrogens with zero attached hydrogens (tertiary/aromatic N) is 6. The summed E-state index contributed by atoms with van der Waals surface area (Å²) in [6, 6.07) is 28.4. The van der Waals surface area contributed by atoms with Gasteiger partial charge in [-0.15, -0.1) is 0 Å². The Kier molecular flexibility index (Phi) is 13.9. The fourth-order valence-electron chi connectivity index (χ4n) is 12.6. The molecule has 2 saturated heterocycles. The van der Waals surface area contributed by atoms with E-state index in [2.05, 4.69) is 90.7 Å². The second-order valence-electron chi connectivity index (χ2n) is 22.6. The number of carbonyl (C=O) groups is 5. The highest BCUT2D eigenvalue weighted by Crippen LogP contribution is 2.45. The molecule has 6 heterocycles. The third-order valence-electron chi connectivity index (χ3n) is 16.9. The zero-order valence-corrected chi connectivity index (χ0v) is 44.9. The minimum atomic E-state index is -1.08. The molecule has 4 amide bonds. The Morgan fingerprint density at radius 1 is 0.842 bits per heavy atom. The number of aromatic nitrogens is 4. The van der Waals surface area contributed by atoms with Crippen LogP contribution in [0.25, 0.3) is 32.2 Å². The maximum atomic E-state index is 13.9. The first-order valence-electron chi connectivity index (χ1n) is 27.1. The van der Waals surface area contributed by atoms with Gasteiger partial charge in [-0.05, 0) is 157 Å². The molecule has 7 aromatic rings. The third kappa shape index (κ3) is 10.0. The summed E-state index contributed by atoms with van der Waals surface area (Å²) in [7, 11) is 1.90. The average molecular weight is 1040 g/mol. The smallest absolute Gasteiger partial charge is 0.355 e. The molecule has 11 rings (SSSR count). The number of carboxylic acid groups (broad SMARTS) is 1. The lowest BCUT2D eigenvalue weighted by molar-refractivity contribution is -0.134. The van der Waals surface area contributed by atoms with Crippen LogP contribution in [0.2, 0.25) is 0 Å². The summed E-state index contributed by atoms with van der Waals surface area (Å²) in [6.45, 7) is 11.0. The van der Waals surface area contributed by atoms with Gasteiger partial charge in [-0.25, -0.2) is 14.8 Å². The van der Waals surface area contributed by atoms with Gasteiger partial charge in [0.25, 0.3) is 5.91 Å². The molecule has 0 bridgehead atoms. The van der Waals surface area contributed by atoms with Gasteiger partial charge in [0.1, 0.15) is 5.82 Å². The van der Waals surface area contributed by atoms with Crippen LogP contribution in [0.3, 0.4) is 0 Å². The third-order valence-corrected chi connectivity index (χ3v) is 17.8. The zero-order valence-electron chi connectivity index (χ0n) is 44.1. The molecule has 14 nitrogen and oxygen atoms in total. The van der Waals surface area contributed by atoms with Gasteiger partial charge in [-0.1, -0.05) is 86.7 Å². The van der Waals surface area contributed by atoms with Crippen LogP contribution in [0.4, 0.5) is 10.9 Å². The van der Waals surface area contributed by atoms with E-state index in [1.807, 2.05) is 59.1 Å². The molecule has 0 radical (unpaired) electrons. The molecular formula is C61H66N8O6S. The quantitative estimate of drug-likeness (QED) is 0.106. The molecule has 1 unspecified atom stereocenters. The van der Waals surface area contributed by atoms with E-state index in [9.17, 15) is 29.1 Å². The number of thiazole rings is 1. The largest absolute Gasteiger partial charge is 0.476 e. The first kappa shape index (κ1) is 50.9. The number of carbonyl (C=O) groups excluding carboxylic acids is 4. The number of nitrogens with one attached hydrogen (secondary N) is 2. The van der Waals surface area contributed by atoms with E-state index in [0.29, 0.717) is 78.6 Å². The number of likely N-dealkylation sites (tertiary alicyclic amines) is 1. The molecular weight excluding hydrogens is 973 g/mol. The van der Waals surface area contributed by atoms with Crippen molar-refractivity contribution in [1.29, 1.82) is 0 Å². The molecule has 3 fully saturated rings. The van der Waals surface area contributed by atoms with Crippen molar-refractivity contribution in [3.8, 4) is 11.1 Å². The van der Waals surface area contributed by atoms with Gasteiger partial charge in [0.05, 0.1) is 27.3 Å². The number of piperidine rings is 2. The Balaban J connectivity index is 0.730. The topological polar surface area (TPSA) is 180 Å². The van der Waals surface area contributed by atoms with E-state index in [4.69, 9.17) is 10.1 Å². The first-order chi connectivity index (χ1) is 36.6. The van der Waals surface area contributed by atoms with Gasteiger partial charge < -0.3 is 14.9 Å². The summed E-state index contributed by atoms with van der Waals surface area (Å²) >= 11 is 1.44. The number of imide groups is 1. The van der Waals surface area contributed by atoms with Gasteiger partial charge in [-0.2, -0.15) is 5.10 Å². The summed E-state index contributed by atoms with van der Waals surface area (Å²) in [6.07, 6.45) is 8.79. The number of aryl methyl sites for hydroxylation is 1. The van der Waals surface area contributed by atoms with Crippen molar-refractivity contribution < 1.29 is 29.1 Å². The summed E-state index contributed by atoms with van der Waals surface area (Å²) in [5, 5.41) is 22.7. The Hall–Kier alpha value is -7.26. The van der Waals surface area contributed by atoms with Crippen LogP contribution in [0.5, 0.6) is 0 Å². The van der Waals surface area contributed by atoms with Crippen molar-refractivity contribution in [2.75, 3.05) is 29.9 Å². The maximum Gasteiger partial charge on any atom is 0.355 e. The number of carboxylic acids is 1. The number of hydrogen-bond acceptors (Lipinski definition) is 10. The van der Waals surface area contributed by atoms with Crippen LogP contribution in [-0.2, 0) is 39.8 Å². The fraction of sp³-hybridized carbons (Fsp3) is 0.410. The molecule has 0 spiro atoms. The molecule has 3 aromatic heterocycles. The lowest BCUT2D eigenvalue weighted by Gasteiger charge is -2.34. The number of fused-ring (bicyclic) bond motifs is 3. The molecule has 1 aliphatic carbocycles. The van der Waals surface area contributed by atoms with Crippen LogP contribution in [0, 0.1) is 12.8 Å². The monoisotopic (exact) mass is 1040 g/mol. The normalized spacial score (nSPS) is 19.5.